The van der Waals surface area contributed by atoms with Gasteiger partial charge < -0.3 is 4.84 Å². The minimum Gasteiger partial charge on any atom is -0.329 e. The summed E-state index contributed by atoms with van der Waals surface area (Å²) in [5.74, 6) is -2.45. The summed E-state index contributed by atoms with van der Waals surface area (Å²) < 4.78 is 0. The molecule has 0 saturated heterocycles. The smallest absolute Gasteiger partial charge is 0.329 e. The molecule has 5 nitrogen and oxygen atoms in total. The first-order valence-corrected chi connectivity index (χ1v) is 7.81. The third-order valence-electron chi connectivity index (χ3n) is 4.18. The summed E-state index contributed by atoms with van der Waals surface area (Å²) in [5.41, 5.74) is 2.43. The van der Waals surface area contributed by atoms with Crippen LogP contribution in [0.1, 0.15) is 51.6 Å². The van der Waals surface area contributed by atoms with E-state index in [1.165, 1.54) is 17.7 Å². The predicted molar refractivity (Wildman–Crippen MR) is 87.3 cm³/mol. The molecule has 2 aromatic rings. The Balaban J connectivity index is 1.75. The van der Waals surface area contributed by atoms with Gasteiger partial charge >= 0.3 is 5.97 Å². The molecular formula is C19H17NO4. The van der Waals surface area contributed by atoms with Crippen LogP contribution in [0.4, 0.5) is 0 Å². The first kappa shape index (κ1) is 15.9. The number of benzene rings is 2. The molecule has 0 N–H and O–H groups in total. The van der Waals surface area contributed by atoms with E-state index in [4.69, 9.17) is 4.84 Å². The summed E-state index contributed by atoms with van der Waals surface area (Å²) in [7, 11) is 0. The molecule has 1 aliphatic heterocycles. The zero-order chi connectivity index (χ0) is 17.3. The Labute approximate surface area is 139 Å². The Hall–Kier alpha value is -2.95. The molecule has 1 atom stereocenters. The van der Waals surface area contributed by atoms with Gasteiger partial charge in [-0.1, -0.05) is 48.4 Å². The lowest BCUT2D eigenvalue weighted by atomic mass is 9.99. The van der Waals surface area contributed by atoms with Gasteiger partial charge in [-0.15, -0.1) is 0 Å². The van der Waals surface area contributed by atoms with E-state index in [1.54, 1.807) is 19.1 Å². The van der Waals surface area contributed by atoms with Crippen molar-refractivity contribution >= 4 is 17.8 Å². The van der Waals surface area contributed by atoms with Gasteiger partial charge in [-0.25, -0.2) is 4.79 Å². The van der Waals surface area contributed by atoms with E-state index in [0.29, 0.717) is 5.06 Å². The van der Waals surface area contributed by atoms with Crippen molar-refractivity contribution in [3.63, 3.8) is 0 Å². The van der Waals surface area contributed by atoms with Crippen LogP contribution in [-0.4, -0.2) is 22.8 Å². The highest BCUT2D eigenvalue weighted by Crippen LogP contribution is 2.25. The van der Waals surface area contributed by atoms with Gasteiger partial charge in [0.2, 0.25) is 0 Å². The standard InChI is InChI=1S/C19H17NO4/c1-3-13-8-10-14(11-9-13)12(2)19(23)24-20-17(21)15-6-4-5-7-16(15)18(20)22/h4-12H,3H2,1-2H3. The van der Waals surface area contributed by atoms with Crippen molar-refractivity contribution in [3.05, 3.63) is 70.8 Å². The number of hydrogen-bond acceptors (Lipinski definition) is 4. The predicted octanol–water partition coefficient (Wildman–Crippen LogP) is 3.11. The molecule has 2 amide bonds. The zero-order valence-electron chi connectivity index (χ0n) is 13.5. The molecule has 0 radical (unpaired) electrons. The normalized spacial score (nSPS) is 14.5. The lowest BCUT2D eigenvalue weighted by molar-refractivity contribution is -0.170. The molecule has 2 aromatic carbocycles. The van der Waals surface area contributed by atoms with Gasteiger partial charge in [0, 0.05) is 0 Å². The Morgan fingerprint density at radius 1 is 1.00 bits per heavy atom. The van der Waals surface area contributed by atoms with Crippen LogP contribution in [0.2, 0.25) is 0 Å². The topological polar surface area (TPSA) is 63.7 Å². The number of hydroxylamine groups is 2. The van der Waals surface area contributed by atoms with Crippen LogP contribution in [0, 0.1) is 0 Å². The molecule has 0 aromatic heterocycles. The van der Waals surface area contributed by atoms with Gasteiger partial charge in [-0.2, -0.15) is 0 Å². The van der Waals surface area contributed by atoms with Crippen LogP contribution < -0.4 is 0 Å². The maximum Gasteiger partial charge on any atom is 0.340 e. The fourth-order valence-corrected chi connectivity index (χ4v) is 2.60. The van der Waals surface area contributed by atoms with E-state index in [1.807, 2.05) is 24.3 Å². The molecule has 0 aliphatic carbocycles. The number of nitrogens with zero attached hydrogens (tertiary/aromatic N) is 1. The molecule has 1 aliphatic rings. The van der Waals surface area contributed by atoms with E-state index < -0.39 is 23.7 Å². The van der Waals surface area contributed by atoms with Crippen LogP contribution in [0.25, 0.3) is 0 Å². The summed E-state index contributed by atoms with van der Waals surface area (Å²) in [6, 6.07) is 14.0. The lowest BCUT2D eigenvalue weighted by Crippen LogP contribution is -2.34. The highest BCUT2D eigenvalue weighted by atomic mass is 16.7. The molecule has 0 spiro atoms. The van der Waals surface area contributed by atoms with Crippen LogP contribution in [0.15, 0.2) is 48.5 Å². The Kier molecular flexibility index (Phi) is 4.16. The van der Waals surface area contributed by atoms with Crippen molar-refractivity contribution in [2.75, 3.05) is 0 Å². The maximum absolute atomic E-state index is 12.3. The molecule has 24 heavy (non-hydrogen) atoms. The SMILES string of the molecule is CCc1ccc(C(C)C(=O)ON2C(=O)c3ccccc3C2=O)cc1. The average Bonchev–Trinajstić information content (AvgIpc) is 2.86. The number of rotatable bonds is 4. The first-order chi connectivity index (χ1) is 11.5. The van der Waals surface area contributed by atoms with Crippen molar-refractivity contribution in [2.45, 2.75) is 26.2 Å². The van der Waals surface area contributed by atoms with Gasteiger partial charge in [0.25, 0.3) is 11.8 Å². The quantitative estimate of drug-likeness (QED) is 0.811. The first-order valence-electron chi connectivity index (χ1n) is 7.81. The van der Waals surface area contributed by atoms with Crippen molar-refractivity contribution < 1.29 is 19.2 Å². The number of carbonyl (C=O) groups excluding carboxylic acids is 3. The Bertz CT molecular complexity index is 775. The molecular weight excluding hydrogens is 306 g/mol. The molecule has 122 valence electrons. The molecule has 1 heterocycles. The monoisotopic (exact) mass is 323 g/mol. The zero-order valence-corrected chi connectivity index (χ0v) is 13.5. The van der Waals surface area contributed by atoms with E-state index in [0.717, 1.165) is 12.0 Å². The van der Waals surface area contributed by atoms with Crippen LogP contribution in [-0.2, 0) is 16.1 Å². The summed E-state index contributed by atoms with van der Waals surface area (Å²) in [4.78, 5) is 41.8. The molecule has 0 saturated carbocycles. The lowest BCUT2D eigenvalue weighted by Gasteiger charge is -2.16. The highest BCUT2D eigenvalue weighted by molar-refractivity contribution is 6.20. The third-order valence-corrected chi connectivity index (χ3v) is 4.18. The fourth-order valence-electron chi connectivity index (χ4n) is 2.60. The van der Waals surface area contributed by atoms with Crippen LogP contribution in [0.5, 0.6) is 0 Å². The van der Waals surface area contributed by atoms with Gasteiger partial charge in [-0.05, 0) is 36.6 Å². The van der Waals surface area contributed by atoms with Gasteiger partial charge in [-0.3, -0.25) is 9.59 Å². The van der Waals surface area contributed by atoms with Crippen molar-refractivity contribution in [1.82, 2.24) is 5.06 Å². The molecule has 5 heteroatoms. The Morgan fingerprint density at radius 3 is 2.04 bits per heavy atom. The number of fused-ring (bicyclic) bond motifs is 1. The molecule has 1 unspecified atom stereocenters. The van der Waals surface area contributed by atoms with Crippen LogP contribution >= 0.6 is 0 Å². The fraction of sp³-hybridized carbons (Fsp3) is 0.211. The van der Waals surface area contributed by atoms with Crippen LogP contribution in [0.3, 0.4) is 0 Å². The highest BCUT2D eigenvalue weighted by Gasteiger charge is 2.39. The van der Waals surface area contributed by atoms with E-state index in [-0.39, 0.29) is 11.1 Å². The summed E-state index contributed by atoms with van der Waals surface area (Å²) >= 11 is 0. The average molecular weight is 323 g/mol. The minimum atomic E-state index is -0.645. The summed E-state index contributed by atoms with van der Waals surface area (Å²) in [5, 5.41) is 0.546. The number of carbonyl (C=O) groups is 3. The second kappa shape index (κ2) is 6.28. The van der Waals surface area contributed by atoms with E-state index in [9.17, 15) is 14.4 Å². The second-order valence-electron chi connectivity index (χ2n) is 5.68. The Morgan fingerprint density at radius 2 is 1.54 bits per heavy atom. The molecule has 0 bridgehead atoms. The largest absolute Gasteiger partial charge is 0.340 e. The van der Waals surface area contributed by atoms with E-state index in [2.05, 4.69) is 6.92 Å². The maximum atomic E-state index is 12.3. The minimum absolute atomic E-state index is 0.246. The number of amides is 2. The molecule has 0 fully saturated rings. The number of hydrogen-bond donors (Lipinski definition) is 0. The van der Waals surface area contributed by atoms with Crippen molar-refractivity contribution in [2.24, 2.45) is 0 Å². The van der Waals surface area contributed by atoms with E-state index >= 15 is 0 Å². The van der Waals surface area contributed by atoms with Crippen molar-refractivity contribution in [3.8, 4) is 0 Å². The number of imide groups is 1. The second-order valence-corrected chi connectivity index (χ2v) is 5.68. The van der Waals surface area contributed by atoms with Gasteiger partial charge in [0.15, 0.2) is 0 Å². The number of aryl methyl sites for hydroxylation is 1. The summed E-state index contributed by atoms with van der Waals surface area (Å²) in [6.45, 7) is 3.73. The van der Waals surface area contributed by atoms with Crippen molar-refractivity contribution in [1.29, 1.82) is 0 Å². The third kappa shape index (κ3) is 2.69. The molecule has 3 rings (SSSR count). The van der Waals surface area contributed by atoms with Gasteiger partial charge in [0.1, 0.15) is 0 Å². The van der Waals surface area contributed by atoms with Gasteiger partial charge in [0.05, 0.1) is 17.0 Å². The summed E-state index contributed by atoms with van der Waals surface area (Å²) in [6.07, 6.45) is 0.911.